The fraction of sp³-hybridized carbons (Fsp3) is 0.222. The van der Waals surface area contributed by atoms with Gasteiger partial charge in [-0.05, 0) is 25.1 Å². The van der Waals surface area contributed by atoms with Gasteiger partial charge in [0.05, 0.1) is 17.0 Å². The Kier molecular flexibility index (Phi) is 3.92. The number of amides is 1. The van der Waals surface area contributed by atoms with E-state index in [2.05, 4.69) is 6.58 Å². The Hall–Kier alpha value is -2.24. The summed E-state index contributed by atoms with van der Waals surface area (Å²) < 4.78 is 0. The van der Waals surface area contributed by atoms with Crippen molar-refractivity contribution in [2.45, 2.75) is 18.9 Å². The summed E-state index contributed by atoms with van der Waals surface area (Å²) in [6.07, 6.45) is 1.35. The number of ketones is 1. The average molecular weight is 327 g/mol. The number of aryl methyl sites for hydroxylation is 1. The normalized spacial score (nSPS) is 19.7. The number of nitrogens with zero attached hydrogens (tertiary/aromatic N) is 1. The molecule has 0 bridgehead atoms. The predicted molar refractivity (Wildman–Crippen MR) is 90.9 cm³/mol. The summed E-state index contributed by atoms with van der Waals surface area (Å²) in [4.78, 5) is 28.3. The molecule has 2 heterocycles. The largest absolute Gasteiger partial charge is 0.375 e. The highest BCUT2D eigenvalue weighted by Gasteiger charge is 2.50. The molecule has 1 amide bonds. The van der Waals surface area contributed by atoms with Gasteiger partial charge in [0, 0.05) is 17.0 Å². The Morgan fingerprint density at radius 2 is 2.09 bits per heavy atom. The van der Waals surface area contributed by atoms with E-state index in [0.29, 0.717) is 22.7 Å². The molecule has 0 spiro atoms. The van der Waals surface area contributed by atoms with Crippen LogP contribution in [0, 0.1) is 6.92 Å². The lowest BCUT2D eigenvalue weighted by molar-refractivity contribution is -0.135. The Bertz CT molecular complexity index is 795. The summed E-state index contributed by atoms with van der Waals surface area (Å²) in [5.74, 6) is -0.700. The number of Topliss-reactive ketones (excluding diaryl/α,β-unsaturated/α-hetero) is 1. The SMILES string of the molecule is C=CCN1C(=O)[C@@](O)(CC(=O)c2ccc(C)s2)c2ccccc21. The van der Waals surface area contributed by atoms with Gasteiger partial charge in [0.1, 0.15) is 0 Å². The molecule has 4 nitrogen and oxygen atoms in total. The molecule has 1 aliphatic rings. The Balaban J connectivity index is 1.98. The molecule has 1 N–H and O–H groups in total. The Labute approximate surface area is 138 Å². The summed E-state index contributed by atoms with van der Waals surface area (Å²) in [6, 6.07) is 10.6. The van der Waals surface area contributed by atoms with Gasteiger partial charge in [-0.2, -0.15) is 0 Å². The van der Waals surface area contributed by atoms with Gasteiger partial charge in [0.25, 0.3) is 5.91 Å². The van der Waals surface area contributed by atoms with Gasteiger partial charge in [-0.25, -0.2) is 0 Å². The van der Waals surface area contributed by atoms with Gasteiger partial charge in [-0.3, -0.25) is 9.59 Å². The third-order valence-electron chi connectivity index (χ3n) is 3.98. The van der Waals surface area contributed by atoms with Crippen LogP contribution in [0.15, 0.2) is 49.1 Å². The fourth-order valence-corrected chi connectivity index (χ4v) is 3.70. The van der Waals surface area contributed by atoms with Crippen LogP contribution in [-0.4, -0.2) is 23.3 Å². The molecule has 5 heteroatoms. The number of benzene rings is 1. The van der Waals surface area contributed by atoms with Crippen molar-refractivity contribution in [3.8, 4) is 0 Å². The molecule has 0 unspecified atom stereocenters. The van der Waals surface area contributed by atoms with Crippen LogP contribution in [0.5, 0.6) is 0 Å². The lowest BCUT2D eigenvalue weighted by Crippen LogP contribution is -2.41. The lowest BCUT2D eigenvalue weighted by atomic mass is 9.89. The zero-order valence-electron chi connectivity index (χ0n) is 12.8. The second kappa shape index (κ2) is 5.76. The molecule has 2 aromatic rings. The minimum absolute atomic E-state index is 0.228. The molecular formula is C18H17NO3S. The molecule has 0 aliphatic carbocycles. The molecule has 0 saturated heterocycles. The number of carbonyl (C=O) groups excluding carboxylic acids is 2. The first-order valence-electron chi connectivity index (χ1n) is 7.32. The van der Waals surface area contributed by atoms with Gasteiger partial charge < -0.3 is 10.0 Å². The van der Waals surface area contributed by atoms with Crippen molar-refractivity contribution in [3.63, 3.8) is 0 Å². The summed E-state index contributed by atoms with van der Waals surface area (Å²) in [5, 5.41) is 11.0. The zero-order valence-corrected chi connectivity index (χ0v) is 13.6. The topological polar surface area (TPSA) is 57.6 Å². The van der Waals surface area contributed by atoms with Gasteiger partial charge >= 0.3 is 0 Å². The highest BCUT2D eigenvalue weighted by molar-refractivity contribution is 7.14. The summed E-state index contributed by atoms with van der Waals surface area (Å²) in [7, 11) is 0. The van der Waals surface area contributed by atoms with Crippen molar-refractivity contribution >= 4 is 28.7 Å². The number of aliphatic hydroxyl groups is 1. The van der Waals surface area contributed by atoms with E-state index in [0.717, 1.165) is 4.88 Å². The molecular weight excluding hydrogens is 310 g/mol. The van der Waals surface area contributed by atoms with E-state index in [1.165, 1.54) is 16.2 Å². The first-order valence-corrected chi connectivity index (χ1v) is 8.13. The Morgan fingerprint density at radius 3 is 2.74 bits per heavy atom. The number of para-hydroxylation sites is 1. The van der Waals surface area contributed by atoms with E-state index in [1.54, 1.807) is 36.4 Å². The Morgan fingerprint density at radius 1 is 1.35 bits per heavy atom. The zero-order chi connectivity index (χ0) is 16.6. The molecule has 0 radical (unpaired) electrons. The van der Waals surface area contributed by atoms with Crippen molar-refractivity contribution in [3.05, 3.63) is 64.4 Å². The molecule has 23 heavy (non-hydrogen) atoms. The van der Waals surface area contributed by atoms with Crippen LogP contribution in [0.3, 0.4) is 0 Å². The van der Waals surface area contributed by atoms with Crippen molar-refractivity contribution in [2.75, 3.05) is 11.4 Å². The number of hydrogen-bond acceptors (Lipinski definition) is 4. The molecule has 1 aliphatic heterocycles. The maximum atomic E-state index is 12.7. The monoisotopic (exact) mass is 327 g/mol. The number of carbonyl (C=O) groups is 2. The summed E-state index contributed by atoms with van der Waals surface area (Å²) in [5.41, 5.74) is -0.697. The summed E-state index contributed by atoms with van der Waals surface area (Å²) >= 11 is 1.37. The maximum absolute atomic E-state index is 12.7. The second-order valence-electron chi connectivity index (χ2n) is 5.59. The minimum atomic E-state index is -1.81. The van der Waals surface area contributed by atoms with Crippen molar-refractivity contribution in [2.24, 2.45) is 0 Å². The quantitative estimate of drug-likeness (QED) is 0.678. The van der Waals surface area contributed by atoms with E-state index in [1.807, 2.05) is 13.0 Å². The van der Waals surface area contributed by atoms with Crippen LogP contribution in [0.1, 0.15) is 26.5 Å². The minimum Gasteiger partial charge on any atom is -0.375 e. The maximum Gasteiger partial charge on any atom is 0.264 e. The van der Waals surface area contributed by atoms with Crippen LogP contribution < -0.4 is 4.90 Å². The van der Waals surface area contributed by atoms with E-state index >= 15 is 0 Å². The molecule has 1 aromatic heterocycles. The molecule has 1 atom stereocenters. The molecule has 1 aromatic carbocycles. The van der Waals surface area contributed by atoms with Crippen molar-refractivity contribution < 1.29 is 14.7 Å². The van der Waals surface area contributed by atoms with E-state index in [4.69, 9.17) is 0 Å². The first-order chi connectivity index (χ1) is 11.0. The highest BCUT2D eigenvalue weighted by Crippen LogP contribution is 2.42. The first kappa shape index (κ1) is 15.6. The van der Waals surface area contributed by atoms with Crippen molar-refractivity contribution in [1.29, 1.82) is 0 Å². The van der Waals surface area contributed by atoms with Gasteiger partial charge in [0.2, 0.25) is 0 Å². The van der Waals surface area contributed by atoms with E-state index in [-0.39, 0.29) is 12.2 Å². The molecule has 0 saturated carbocycles. The third-order valence-corrected chi connectivity index (χ3v) is 5.02. The van der Waals surface area contributed by atoms with Gasteiger partial charge in [0.15, 0.2) is 11.4 Å². The second-order valence-corrected chi connectivity index (χ2v) is 6.88. The third kappa shape index (κ3) is 2.52. The summed E-state index contributed by atoms with van der Waals surface area (Å²) in [6.45, 7) is 5.86. The predicted octanol–water partition coefficient (Wildman–Crippen LogP) is 3.05. The molecule has 3 rings (SSSR count). The van der Waals surface area contributed by atoms with Crippen LogP contribution in [0.4, 0.5) is 5.69 Å². The van der Waals surface area contributed by atoms with Crippen LogP contribution in [-0.2, 0) is 10.4 Å². The number of thiophene rings is 1. The van der Waals surface area contributed by atoms with Crippen LogP contribution >= 0.6 is 11.3 Å². The standard InChI is InChI=1S/C18H17NO3S/c1-3-10-19-14-7-5-4-6-13(14)18(22,17(19)21)11-15(20)16-9-8-12(2)23-16/h3-9,22H,1,10-11H2,2H3/t18-/m1/s1. The highest BCUT2D eigenvalue weighted by atomic mass is 32.1. The molecule has 118 valence electrons. The van der Waals surface area contributed by atoms with Crippen molar-refractivity contribution in [1.82, 2.24) is 0 Å². The van der Waals surface area contributed by atoms with Gasteiger partial charge in [-0.15, -0.1) is 17.9 Å². The average Bonchev–Trinajstić information content (AvgIpc) is 3.05. The smallest absolute Gasteiger partial charge is 0.264 e. The van der Waals surface area contributed by atoms with Gasteiger partial charge in [-0.1, -0.05) is 24.3 Å². The van der Waals surface area contributed by atoms with Crippen LogP contribution in [0.2, 0.25) is 0 Å². The van der Waals surface area contributed by atoms with Crippen LogP contribution in [0.25, 0.3) is 0 Å². The number of rotatable bonds is 5. The van der Waals surface area contributed by atoms with E-state index in [9.17, 15) is 14.7 Å². The van der Waals surface area contributed by atoms with E-state index < -0.39 is 11.5 Å². The fourth-order valence-electron chi connectivity index (χ4n) is 2.89. The number of anilines is 1. The number of fused-ring (bicyclic) bond motifs is 1. The molecule has 0 fully saturated rings. The number of hydrogen-bond donors (Lipinski definition) is 1. The lowest BCUT2D eigenvalue weighted by Gasteiger charge is -2.21.